The van der Waals surface area contributed by atoms with Gasteiger partial charge in [-0.25, -0.2) is 5.84 Å². The lowest BCUT2D eigenvalue weighted by Crippen LogP contribution is -2.30. The number of para-hydroxylation sites is 1. The fourth-order valence-corrected chi connectivity index (χ4v) is 2.74. The summed E-state index contributed by atoms with van der Waals surface area (Å²) < 4.78 is 6.48. The fourth-order valence-electron chi connectivity index (χ4n) is 1.36. The molecule has 1 amide bonds. The van der Waals surface area contributed by atoms with Crippen molar-refractivity contribution in [3.63, 3.8) is 0 Å². The number of thioether (sulfide) groups is 1. The number of rotatable bonds is 6. The molecule has 0 aliphatic heterocycles. The number of hydrogen-bond acceptors (Lipinski definition) is 7. The highest BCUT2D eigenvalue weighted by atomic mass is 32.2. The van der Waals surface area contributed by atoms with E-state index in [-0.39, 0.29) is 5.91 Å². The second-order valence-electron chi connectivity index (χ2n) is 3.37. The van der Waals surface area contributed by atoms with Crippen LogP contribution in [0.2, 0.25) is 0 Å². The van der Waals surface area contributed by atoms with Crippen molar-refractivity contribution in [2.45, 2.75) is 4.34 Å². The zero-order valence-corrected chi connectivity index (χ0v) is 11.5. The van der Waals surface area contributed by atoms with Crippen LogP contribution in [-0.4, -0.2) is 28.5 Å². The third-order valence-corrected chi connectivity index (χ3v) is 3.99. The Kier molecular flexibility index (Phi) is 5.13. The summed E-state index contributed by atoms with van der Waals surface area (Å²) in [6.07, 6.45) is 0. The maximum atomic E-state index is 11.5. The Bertz CT molecular complexity index is 533. The van der Waals surface area contributed by atoms with Gasteiger partial charge in [0.1, 0.15) is 11.3 Å². The zero-order valence-electron chi connectivity index (χ0n) is 9.91. The maximum Gasteiger partial charge on any atom is 0.268 e. The molecular formula is C11H12N4O2S2. The first-order valence-corrected chi connectivity index (χ1v) is 7.29. The number of hydrazine groups is 1. The van der Waals surface area contributed by atoms with Gasteiger partial charge in [-0.15, -0.1) is 10.2 Å². The Labute approximate surface area is 118 Å². The minimum atomic E-state index is -0.368. The largest absolute Gasteiger partial charge is 0.492 e. The van der Waals surface area contributed by atoms with Gasteiger partial charge in [0.2, 0.25) is 0 Å². The Morgan fingerprint density at radius 2 is 2.32 bits per heavy atom. The van der Waals surface area contributed by atoms with Crippen molar-refractivity contribution in [1.29, 1.82) is 0 Å². The lowest BCUT2D eigenvalue weighted by molar-refractivity contribution is 0.0950. The molecule has 0 unspecified atom stereocenters. The molecule has 3 N–H and O–H groups in total. The SMILES string of the molecule is NNC(=O)c1ccccc1OCCSc1nncs1. The van der Waals surface area contributed by atoms with Crippen molar-refractivity contribution in [3.05, 3.63) is 35.3 Å². The number of nitrogens with two attached hydrogens (primary N) is 1. The maximum absolute atomic E-state index is 11.5. The number of hydrogen-bond donors (Lipinski definition) is 2. The van der Waals surface area contributed by atoms with E-state index in [0.717, 1.165) is 10.1 Å². The van der Waals surface area contributed by atoms with Gasteiger partial charge in [0.25, 0.3) is 5.91 Å². The molecule has 6 nitrogen and oxygen atoms in total. The first-order valence-electron chi connectivity index (χ1n) is 5.43. The van der Waals surface area contributed by atoms with Crippen LogP contribution in [0.3, 0.4) is 0 Å². The van der Waals surface area contributed by atoms with Gasteiger partial charge in [-0.3, -0.25) is 10.2 Å². The van der Waals surface area contributed by atoms with Crippen LogP contribution < -0.4 is 16.0 Å². The molecule has 2 aromatic rings. The van der Waals surface area contributed by atoms with Gasteiger partial charge in [-0.05, 0) is 12.1 Å². The molecule has 0 aliphatic carbocycles. The van der Waals surface area contributed by atoms with Gasteiger partial charge in [0.05, 0.1) is 12.2 Å². The molecule has 0 aliphatic rings. The summed E-state index contributed by atoms with van der Waals surface area (Å²) in [6.45, 7) is 0.471. The normalized spacial score (nSPS) is 10.2. The van der Waals surface area contributed by atoms with Crippen molar-refractivity contribution >= 4 is 29.0 Å². The number of carbonyl (C=O) groups is 1. The van der Waals surface area contributed by atoms with E-state index in [2.05, 4.69) is 15.6 Å². The highest BCUT2D eigenvalue weighted by Gasteiger charge is 2.10. The molecule has 2 rings (SSSR count). The lowest BCUT2D eigenvalue weighted by Gasteiger charge is -2.09. The Morgan fingerprint density at radius 1 is 1.47 bits per heavy atom. The number of benzene rings is 1. The molecule has 0 fully saturated rings. The molecule has 19 heavy (non-hydrogen) atoms. The van der Waals surface area contributed by atoms with Crippen LogP contribution in [0.5, 0.6) is 5.75 Å². The van der Waals surface area contributed by atoms with Crippen LogP contribution in [0, 0.1) is 0 Å². The molecule has 8 heteroatoms. The summed E-state index contributed by atoms with van der Waals surface area (Å²) >= 11 is 3.05. The van der Waals surface area contributed by atoms with Crippen LogP contribution in [0.25, 0.3) is 0 Å². The number of nitrogen functional groups attached to an aromatic ring is 1. The number of ether oxygens (including phenoxy) is 1. The zero-order chi connectivity index (χ0) is 13.5. The van der Waals surface area contributed by atoms with Crippen LogP contribution in [0.15, 0.2) is 34.1 Å². The Hall–Kier alpha value is -1.64. The molecular weight excluding hydrogens is 284 g/mol. The van der Waals surface area contributed by atoms with Crippen LogP contribution in [0.1, 0.15) is 10.4 Å². The first-order chi connectivity index (χ1) is 9.31. The minimum absolute atomic E-state index is 0.368. The van der Waals surface area contributed by atoms with E-state index < -0.39 is 0 Å². The van der Waals surface area contributed by atoms with E-state index in [1.165, 1.54) is 11.3 Å². The van der Waals surface area contributed by atoms with E-state index in [1.54, 1.807) is 41.5 Å². The summed E-state index contributed by atoms with van der Waals surface area (Å²) in [7, 11) is 0. The quantitative estimate of drug-likeness (QED) is 0.275. The van der Waals surface area contributed by atoms with Gasteiger partial charge < -0.3 is 4.74 Å². The highest BCUT2D eigenvalue weighted by molar-refractivity contribution is 8.01. The van der Waals surface area contributed by atoms with Crippen molar-refractivity contribution in [3.8, 4) is 5.75 Å². The van der Waals surface area contributed by atoms with Crippen molar-refractivity contribution in [1.82, 2.24) is 15.6 Å². The highest BCUT2D eigenvalue weighted by Crippen LogP contribution is 2.21. The summed E-state index contributed by atoms with van der Waals surface area (Å²) in [4.78, 5) is 11.5. The third kappa shape index (κ3) is 3.91. The van der Waals surface area contributed by atoms with E-state index in [4.69, 9.17) is 10.6 Å². The topological polar surface area (TPSA) is 90.1 Å². The predicted molar refractivity (Wildman–Crippen MR) is 74.2 cm³/mol. The molecule has 1 aromatic heterocycles. The van der Waals surface area contributed by atoms with Gasteiger partial charge in [0, 0.05) is 5.75 Å². The molecule has 1 aromatic carbocycles. The molecule has 100 valence electrons. The molecule has 0 saturated carbocycles. The van der Waals surface area contributed by atoms with E-state index in [9.17, 15) is 4.79 Å². The number of aromatic nitrogens is 2. The molecule has 0 bridgehead atoms. The molecule has 0 saturated heterocycles. The van der Waals surface area contributed by atoms with Crippen molar-refractivity contribution < 1.29 is 9.53 Å². The van der Waals surface area contributed by atoms with E-state index in [1.807, 2.05) is 0 Å². The summed E-state index contributed by atoms with van der Waals surface area (Å²) in [5, 5.41) is 7.66. The smallest absolute Gasteiger partial charge is 0.268 e. The average molecular weight is 296 g/mol. The minimum Gasteiger partial charge on any atom is -0.492 e. The molecule has 1 heterocycles. The number of amides is 1. The molecule has 0 spiro atoms. The number of nitrogens with one attached hydrogen (secondary N) is 1. The second kappa shape index (κ2) is 7.07. The number of carbonyl (C=O) groups excluding carboxylic acids is 1. The van der Waals surface area contributed by atoms with Crippen molar-refractivity contribution in [2.24, 2.45) is 5.84 Å². The van der Waals surface area contributed by atoms with Gasteiger partial charge in [0.15, 0.2) is 4.34 Å². The Balaban J connectivity index is 1.87. The summed E-state index contributed by atoms with van der Waals surface area (Å²) in [5.41, 5.74) is 4.20. The number of nitrogens with zero attached hydrogens (tertiary/aromatic N) is 2. The van der Waals surface area contributed by atoms with Crippen LogP contribution >= 0.6 is 23.1 Å². The van der Waals surface area contributed by atoms with Crippen molar-refractivity contribution in [2.75, 3.05) is 12.4 Å². The van der Waals surface area contributed by atoms with E-state index in [0.29, 0.717) is 17.9 Å². The second-order valence-corrected chi connectivity index (χ2v) is 5.55. The molecule has 0 radical (unpaired) electrons. The summed E-state index contributed by atoms with van der Waals surface area (Å²) in [6, 6.07) is 6.96. The average Bonchev–Trinajstić information content (AvgIpc) is 2.96. The fraction of sp³-hybridized carbons (Fsp3) is 0.182. The third-order valence-electron chi connectivity index (χ3n) is 2.17. The van der Waals surface area contributed by atoms with Gasteiger partial charge in [-0.2, -0.15) is 0 Å². The first kappa shape index (κ1) is 13.8. The van der Waals surface area contributed by atoms with Crippen LogP contribution in [0.4, 0.5) is 0 Å². The van der Waals surface area contributed by atoms with Gasteiger partial charge in [-0.1, -0.05) is 35.2 Å². The lowest BCUT2D eigenvalue weighted by atomic mass is 10.2. The predicted octanol–water partition coefficient (Wildman–Crippen LogP) is 1.31. The van der Waals surface area contributed by atoms with Crippen LogP contribution in [-0.2, 0) is 0 Å². The standard InChI is InChI=1S/C11H12N4O2S2/c12-14-10(16)8-3-1-2-4-9(8)17-5-6-18-11-15-13-7-19-11/h1-4,7H,5-6,12H2,(H,14,16). The summed E-state index contributed by atoms with van der Waals surface area (Å²) in [5.74, 6) is 6.00. The molecule has 0 atom stereocenters. The van der Waals surface area contributed by atoms with Gasteiger partial charge >= 0.3 is 0 Å². The monoisotopic (exact) mass is 296 g/mol. The Morgan fingerprint density at radius 3 is 3.05 bits per heavy atom. The van der Waals surface area contributed by atoms with E-state index >= 15 is 0 Å².